The lowest BCUT2D eigenvalue weighted by molar-refractivity contribution is -0.133. The number of amides is 2. The number of nitrogens with two attached hydrogens (primary N) is 1. The highest BCUT2D eigenvalue weighted by Gasteiger charge is 2.27. The Morgan fingerprint density at radius 3 is 2.35 bits per heavy atom. The van der Waals surface area contributed by atoms with E-state index in [0.717, 1.165) is 37.9 Å². The smallest absolute Gasteiger partial charge is 0.250 e. The minimum absolute atomic E-state index is 0.0472. The molecule has 0 bridgehead atoms. The molecule has 0 saturated carbocycles. The number of hydrogen-bond donors (Lipinski definition) is 2. The Kier molecular flexibility index (Phi) is 5.78. The molecule has 0 unspecified atom stereocenters. The number of carbonyl (C=O) groups is 2. The first kappa shape index (κ1) is 18.3. The first-order chi connectivity index (χ1) is 12.6. The van der Waals surface area contributed by atoms with Crippen molar-refractivity contribution in [1.82, 2.24) is 4.90 Å². The Labute approximate surface area is 158 Å². The Balaban J connectivity index is 1.87. The Bertz CT molecular complexity index is 789. The van der Waals surface area contributed by atoms with Gasteiger partial charge in [-0.1, -0.05) is 41.9 Å². The number of anilines is 1. The van der Waals surface area contributed by atoms with Gasteiger partial charge in [0.1, 0.15) is 6.04 Å². The van der Waals surface area contributed by atoms with Crippen LogP contribution >= 0.6 is 11.6 Å². The second kappa shape index (κ2) is 8.23. The predicted molar refractivity (Wildman–Crippen MR) is 103 cm³/mol. The molecule has 0 spiro atoms. The Hall–Kier alpha value is -2.53. The van der Waals surface area contributed by atoms with E-state index in [2.05, 4.69) is 5.32 Å². The van der Waals surface area contributed by atoms with Crippen molar-refractivity contribution >= 4 is 29.1 Å². The van der Waals surface area contributed by atoms with E-state index >= 15 is 0 Å². The van der Waals surface area contributed by atoms with Crippen molar-refractivity contribution in [1.29, 1.82) is 0 Å². The van der Waals surface area contributed by atoms with Crippen LogP contribution in [-0.4, -0.2) is 29.8 Å². The fourth-order valence-electron chi connectivity index (χ4n) is 3.20. The van der Waals surface area contributed by atoms with E-state index in [-0.39, 0.29) is 16.5 Å². The summed E-state index contributed by atoms with van der Waals surface area (Å²) in [5, 5.41) is 3.54. The van der Waals surface area contributed by atoms with Gasteiger partial charge >= 0.3 is 0 Å². The van der Waals surface area contributed by atoms with Gasteiger partial charge in [-0.15, -0.1) is 0 Å². The molecule has 1 aliphatic rings. The van der Waals surface area contributed by atoms with Crippen molar-refractivity contribution in [2.24, 2.45) is 5.73 Å². The highest BCUT2D eigenvalue weighted by Crippen LogP contribution is 2.27. The minimum Gasteiger partial charge on any atom is -0.370 e. The number of rotatable bonds is 5. The number of piperidine rings is 1. The maximum atomic E-state index is 13.1. The summed E-state index contributed by atoms with van der Waals surface area (Å²) < 4.78 is 0. The molecule has 1 fully saturated rings. The highest BCUT2D eigenvalue weighted by molar-refractivity contribution is 6.34. The maximum Gasteiger partial charge on any atom is 0.250 e. The number of benzene rings is 2. The molecule has 3 N–H and O–H groups in total. The van der Waals surface area contributed by atoms with Crippen LogP contribution in [0.15, 0.2) is 48.5 Å². The van der Waals surface area contributed by atoms with Crippen LogP contribution in [0.3, 0.4) is 0 Å². The van der Waals surface area contributed by atoms with Gasteiger partial charge in [0.05, 0.1) is 10.6 Å². The Morgan fingerprint density at radius 2 is 1.73 bits per heavy atom. The standard InChI is InChI=1S/C20H22ClN3O2/c21-17-13-15(9-10-16(17)19(22)25)23-18(14-7-3-1-4-8-14)20(26)24-11-5-2-6-12-24/h1,3-4,7-10,13,18,23H,2,5-6,11-12H2,(H2,22,25)/t18-/m1/s1. The molecule has 5 nitrogen and oxygen atoms in total. The second-order valence-electron chi connectivity index (χ2n) is 6.43. The second-order valence-corrected chi connectivity index (χ2v) is 6.84. The molecular weight excluding hydrogens is 350 g/mol. The van der Waals surface area contributed by atoms with Crippen LogP contribution < -0.4 is 11.1 Å². The molecule has 1 heterocycles. The van der Waals surface area contributed by atoms with E-state index in [1.807, 2.05) is 35.2 Å². The molecule has 6 heteroatoms. The number of nitrogens with one attached hydrogen (secondary N) is 1. The van der Waals surface area contributed by atoms with Gasteiger partial charge in [0.25, 0.3) is 0 Å². The lowest BCUT2D eigenvalue weighted by Gasteiger charge is -2.31. The number of primary amides is 1. The van der Waals surface area contributed by atoms with E-state index in [4.69, 9.17) is 17.3 Å². The van der Waals surface area contributed by atoms with E-state index in [1.165, 1.54) is 0 Å². The lowest BCUT2D eigenvalue weighted by Crippen LogP contribution is -2.41. The third-order valence-corrected chi connectivity index (χ3v) is 4.91. The maximum absolute atomic E-state index is 13.1. The molecule has 26 heavy (non-hydrogen) atoms. The van der Waals surface area contributed by atoms with Gasteiger partial charge < -0.3 is 16.0 Å². The summed E-state index contributed by atoms with van der Waals surface area (Å²) in [6.07, 6.45) is 3.23. The minimum atomic E-state index is -0.578. The van der Waals surface area contributed by atoms with Crippen LogP contribution in [0, 0.1) is 0 Å². The molecule has 3 rings (SSSR count). The normalized spacial score (nSPS) is 15.3. The molecular formula is C20H22ClN3O2. The van der Waals surface area contributed by atoms with Gasteiger partial charge in [0, 0.05) is 18.8 Å². The summed E-state index contributed by atoms with van der Waals surface area (Å²) in [6.45, 7) is 1.57. The third kappa shape index (κ3) is 4.17. The number of hydrogen-bond acceptors (Lipinski definition) is 3. The molecule has 2 aromatic rings. The van der Waals surface area contributed by atoms with Gasteiger partial charge in [-0.2, -0.15) is 0 Å². The zero-order chi connectivity index (χ0) is 18.5. The third-order valence-electron chi connectivity index (χ3n) is 4.59. The van der Waals surface area contributed by atoms with Crippen molar-refractivity contribution in [3.63, 3.8) is 0 Å². The lowest BCUT2D eigenvalue weighted by atomic mass is 10.0. The molecule has 1 atom stereocenters. The van der Waals surface area contributed by atoms with Gasteiger partial charge in [0.2, 0.25) is 11.8 Å². The fourth-order valence-corrected chi connectivity index (χ4v) is 3.48. The van der Waals surface area contributed by atoms with Gasteiger partial charge in [-0.3, -0.25) is 9.59 Å². The topological polar surface area (TPSA) is 75.4 Å². The van der Waals surface area contributed by atoms with Crippen molar-refractivity contribution < 1.29 is 9.59 Å². The number of likely N-dealkylation sites (tertiary alicyclic amines) is 1. The summed E-state index contributed by atoms with van der Waals surface area (Å²) in [7, 11) is 0. The first-order valence-electron chi connectivity index (χ1n) is 8.76. The van der Waals surface area contributed by atoms with E-state index < -0.39 is 11.9 Å². The average Bonchev–Trinajstić information content (AvgIpc) is 2.67. The number of halogens is 1. The highest BCUT2D eigenvalue weighted by atomic mass is 35.5. The molecule has 0 aliphatic carbocycles. The molecule has 0 aromatic heterocycles. The molecule has 136 valence electrons. The van der Waals surface area contributed by atoms with E-state index in [1.54, 1.807) is 18.2 Å². The van der Waals surface area contributed by atoms with Crippen molar-refractivity contribution in [3.05, 3.63) is 64.7 Å². The van der Waals surface area contributed by atoms with Crippen molar-refractivity contribution in [2.45, 2.75) is 25.3 Å². The van der Waals surface area contributed by atoms with Gasteiger partial charge in [-0.05, 0) is 43.0 Å². The molecule has 2 amide bonds. The van der Waals surface area contributed by atoms with Crippen molar-refractivity contribution in [2.75, 3.05) is 18.4 Å². The van der Waals surface area contributed by atoms with Crippen LogP contribution in [0.5, 0.6) is 0 Å². The number of carbonyl (C=O) groups excluding carboxylic acids is 2. The van der Waals surface area contributed by atoms with Gasteiger partial charge in [0.15, 0.2) is 0 Å². The van der Waals surface area contributed by atoms with Crippen LogP contribution in [-0.2, 0) is 4.79 Å². The quantitative estimate of drug-likeness (QED) is 0.843. The SMILES string of the molecule is NC(=O)c1ccc(N[C@@H](C(=O)N2CCCCC2)c2ccccc2)cc1Cl. The molecule has 0 radical (unpaired) electrons. The summed E-state index contributed by atoms with van der Waals surface area (Å²) in [6, 6.07) is 14.0. The van der Waals surface area contributed by atoms with Crippen LogP contribution in [0.1, 0.15) is 41.2 Å². The van der Waals surface area contributed by atoms with Crippen molar-refractivity contribution in [3.8, 4) is 0 Å². The zero-order valence-corrected chi connectivity index (χ0v) is 15.2. The monoisotopic (exact) mass is 371 g/mol. The summed E-state index contributed by atoms with van der Waals surface area (Å²) in [5.41, 5.74) is 7.11. The molecule has 1 saturated heterocycles. The number of nitrogens with zero attached hydrogens (tertiary/aromatic N) is 1. The molecule has 2 aromatic carbocycles. The summed E-state index contributed by atoms with van der Waals surface area (Å²) >= 11 is 6.15. The average molecular weight is 372 g/mol. The fraction of sp³-hybridized carbons (Fsp3) is 0.300. The van der Waals surface area contributed by atoms with Crippen LogP contribution in [0.25, 0.3) is 0 Å². The van der Waals surface area contributed by atoms with E-state index in [9.17, 15) is 9.59 Å². The van der Waals surface area contributed by atoms with Crippen LogP contribution in [0.4, 0.5) is 5.69 Å². The largest absolute Gasteiger partial charge is 0.370 e. The molecule has 1 aliphatic heterocycles. The zero-order valence-electron chi connectivity index (χ0n) is 14.5. The summed E-state index contributed by atoms with van der Waals surface area (Å²) in [5.74, 6) is -0.531. The van der Waals surface area contributed by atoms with E-state index in [0.29, 0.717) is 5.69 Å². The predicted octanol–water partition coefficient (Wildman–Crippen LogP) is 3.60. The summed E-state index contributed by atoms with van der Waals surface area (Å²) in [4.78, 5) is 26.4. The Morgan fingerprint density at radius 1 is 1.04 bits per heavy atom. The van der Waals surface area contributed by atoms with Gasteiger partial charge in [-0.25, -0.2) is 0 Å². The first-order valence-corrected chi connectivity index (χ1v) is 9.13. The van der Waals surface area contributed by atoms with Crippen LogP contribution in [0.2, 0.25) is 5.02 Å².